The van der Waals surface area contributed by atoms with Crippen molar-refractivity contribution in [3.8, 4) is 17.1 Å². The SMILES string of the molecule is CCCN(C(=O)c1nc(-c2ccccc2)n(-c2ccccc2)n1)C1CCNC1. The minimum absolute atomic E-state index is 0.0950. The predicted molar refractivity (Wildman–Crippen MR) is 109 cm³/mol. The molecule has 1 saturated heterocycles. The molecule has 144 valence electrons. The first-order chi connectivity index (χ1) is 13.8. The smallest absolute Gasteiger partial charge is 0.293 e. The van der Waals surface area contributed by atoms with Crippen molar-refractivity contribution in [1.82, 2.24) is 25.0 Å². The fraction of sp³-hybridized carbons (Fsp3) is 0.318. The lowest BCUT2D eigenvalue weighted by Gasteiger charge is -2.26. The highest BCUT2D eigenvalue weighted by atomic mass is 16.2. The van der Waals surface area contributed by atoms with Crippen LogP contribution in [0.2, 0.25) is 0 Å². The van der Waals surface area contributed by atoms with E-state index in [2.05, 4.69) is 22.3 Å². The number of amides is 1. The van der Waals surface area contributed by atoms with Gasteiger partial charge in [-0.25, -0.2) is 9.67 Å². The van der Waals surface area contributed by atoms with Crippen LogP contribution < -0.4 is 5.32 Å². The summed E-state index contributed by atoms with van der Waals surface area (Å²) < 4.78 is 1.76. The van der Waals surface area contributed by atoms with Crippen molar-refractivity contribution < 1.29 is 4.79 Å². The van der Waals surface area contributed by atoms with E-state index in [9.17, 15) is 4.79 Å². The molecule has 0 radical (unpaired) electrons. The maximum atomic E-state index is 13.3. The average molecular weight is 375 g/mol. The van der Waals surface area contributed by atoms with Crippen LogP contribution in [0.5, 0.6) is 0 Å². The highest BCUT2D eigenvalue weighted by Gasteiger charge is 2.30. The van der Waals surface area contributed by atoms with Gasteiger partial charge in [0.25, 0.3) is 5.91 Å². The van der Waals surface area contributed by atoms with Crippen molar-refractivity contribution in [2.45, 2.75) is 25.8 Å². The summed E-state index contributed by atoms with van der Waals surface area (Å²) >= 11 is 0. The Morgan fingerprint density at radius 3 is 2.50 bits per heavy atom. The number of aromatic nitrogens is 3. The molecule has 1 atom stereocenters. The minimum Gasteiger partial charge on any atom is -0.332 e. The van der Waals surface area contributed by atoms with Crippen LogP contribution in [0.25, 0.3) is 17.1 Å². The van der Waals surface area contributed by atoms with Gasteiger partial charge >= 0.3 is 0 Å². The van der Waals surface area contributed by atoms with Gasteiger partial charge in [-0.15, -0.1) is 5.10 Å². The summed E-state index contributed by atoms with van der Waals surface area (Å²) in [6.45, 7) is 4.58. The summed E-state index contributed by atoms with van der Waals surface area (Å²) in [5.74, 6) is 0.835. The maximum absolute atomic E-state index is 13.3. The van der Waals surface area contributed by atoms with E-state index in [1.807, 2.05) is 65.6 Å². The number of nitrogens with one attached hydrogen (secondary N) is 1. The van der Waals surface area contributed by atoms with Gasteiger partial charge in [0.1, 0.15) is 0 Å². The number of hydrogen-bond acceptors (Lipinski definition) is 4. The summed E-state index contributed by atoms with van der Waals surface area (Å²) in [7, 11) is 0. The van der Waals surface area contributed by atoms with Crippen LogP contribution in [0.15, 0.2) is 60.7 Å². The molecule has 28 heavy (non-hydrogen) atoms. The Bertz CT molecular complexity index is 860. The number of hydrogen-bond donors (Lipinski definition) is 1. The van der Waals surface area contributed by atoms with Gasteiger partial charge in [0.05, 0.1) is 5.69 Å². The van der Waals surface area contributed by atoms with Crippen LogP contribution in [0.1, 0.15) is 30.4 Å². The molecule has 6 heteroatoms. The lowest BCUT2D eigenvalue weighted by atomic mass is 10.2. The summed E-state index contributed by atoms with van der Waals surface area (Å²) in [6.07, 6.45) is 1.88. The second-order valence-corrected chi connectivity index (χ2v) is 7.02. The van der Waals surface area contributed by atoms with E-state index in [4.69, 9.17) is 0 Å². The molecule has 2 heterocycles. The van der Waals surface area contributed by atoms with Gasteiger partial charge in [-0.1, -0.05) is 55.5 Å². The molecule has 0 saturated carbocycles. The van der Waals surface area contributed by atoms with Crippen LogP contribution in [-0.4, -0.2) is 51.2 Å². The molecule has 1 aliphatic heterocycles. The van der Waals surface area contributed by atoms with Crippen molar-refractivity contribution in [3.63, 3.8) is 0 Å². The van der Waals surface area contributed by atoms with E-state index in [1.54, 1.807) is 4.68 Å². The first-order valence-electron chi connectivity index (χ1n) is 9.87. The Morgan fingerprint density at radius 1 is 1.14 bits per heavy atom. The Kier molecular flexibility index (Phi) is 5.48. The van der Waals surface area contributed by atoms with Gasteiger partial charge in [-0.05, 0) is 31.5 Å². The topological polar surface area (TPSA) is 63.1 Å². The average Bonchev–Trinajstić information content (AvgIpc) is 3.43. The zero-order valence-electron chi connectivity index (χ0n) is 16.1. The number of nitrogens with zero attached hydrogens (tertiary/aromatic N) is 4. The Morgan fingerprint density at radius 2 is 1.86 bits per heavy atom. The van der Waals surface area contributed by atoms with E-state index in [0.717, 1.165) is 37.2 Å². The summed E-state index contributed by atoms with van der Waals surface area (Å²) in [5, 5.41) is 7.97. The molecule has 0 bridgehead atoms. The van der Waals surface area contributed by atoms with E-state index >= 15 is 0 Å². The molecular formula is C22H25N5O. The van der Waals surface area contributed by atoms with Gasteiger partial charge in [-0.2, -0.15) is 0 Å². The van der Waals surface area contributed by atoms with Gasteiger partial charge in [0, 0.05) is 24.7 Å². The molecule has 6 nitrogen and oxygen atoms in total. The molecule has 1 fully saturated rings. The minimum atomic E-state index is -0.0950. The molecule has 1 aromatic heterocycles. The molecule has 2 aromatic carbocycles. The van der Waals surface area contributed by atoms with Crippen LogP contribution in [0, 0.1) is 0 Å². The largest absolute Gasteiger partial charge is 0.332 e. The Hall–Kier alpha value is -2.99. The van der Waals surface area contributed by atoms with Crippen LogP contribution in [-0.2, 0) is 0 Å². The molecule has 4 rings (SSSR count). The van der Waals surface area contributed by atoms with Crippen LogP contribution in [0.4, 0.5) is 0 Å². The van der Waals surface area contributed by atoms with Crippen molar-refractivity contribution in [1.29, 1.82) is 0 Å². The van der Waals surface area contributed by atoms with Crippen molar-refractivity contribution in [2.75, 3.05) is 19.6 Å². The molecule has 0 aliphatic carbocycles. The molecule has 1 N–H and O–H groups in total. The maximum Gasteiger partial charge on any atom is 0.293 e. The molecule has 1 unspecified atom stereocenters. The third-order valence-electron chi connectivity index (χ3n) is 5.03. The van der Waals surface area contributed by atoms with Crippen molar-refractivity contribution >= 4 is 5.91 Å². The van der Waals surface area contributed by atoms with Gasteiger partial charge in [0.15, 0.2) is 5.82 Å². The molecule has 3 aromatic rings. The fourth-order valence-corrected chi connectivity index (χ4v) is 3.65. The lowest BCUT2D eigenvalue weighted by molar-refractivity contribution is 0.0679. The van der Waals surface area contributed by atoms with Crippen LogP contribution in [0.3, 0.4) is 0 Å². The molecular weight excluding hydrogens is 350 g/mol. The van der Waals surface area contributed by atoms with E-state index < -0.39 is 0 Å². The lowest BCUT2D eigenvalue weighted by Crippen LogP contribution is -2.42. The third kappa shape index (κ3) is 3.68. The number of rotatable bonds is 6. The zero-order valence-corrected chi connectivity index (χ0v) is 16.1. The van der Waals surface area contributed by atoms with E-state index in [1.165, 1.54) is 0 Å². The highest BCUT2D eigenvalue weighted by molar-refractivity contribution is 5.91. The van der Waals surface area contributed by atoms with Gasteiger partial charge in [-0.3, -0.25) is 4.79 Å². The van der Waals surface area contributed by atoms with Crippen molar-refractivity contribution in [2.24, 2.45) is 0 Å². The second kappa shape index (κ2) is 8.35. The van der Waals surface area contributed by atoms with Crippen LogP contribution >= 0.6 is 0 Å². The highest BCUT2D eigenvalue weighted by Crippen LogP contribution is 2.22. The number of carbonyl (C=O) groups excluding carboxylic acids is 1. The standard InChI is InChI=1S/C22H25N5O/c1-2-15-26(19-13-14-23-16-19)22(28)20-24-21(17-9-5-3-6-10-17)27(25-20)18-11-7-4-8-12-18/h3-12,19,23H,2,13-16H2,1H3. The first-order valence-corrected chi connectivity index (χ1v) is 9.87. The second-order valence-electron chi connectivity index (χ2n) is 7.02. The molecule has 1 aliphatic rings. The Balaban J connectivity index is 1.75. The number of para-hydroxylation sites is 1. The molecule has 0 spiro atoms. The molecule has 1 amide bonds. The quantitative estimate of drug-likeness (QED) is 0.719. The summed E-state index contributed by atoms with van der Waals surface area (Å²) in [5.41, 5.74) is 1.82. The van der Waals surface area contributed by atoms with E-state index in [0.29, 0.717) is 12.4 Å². The predicted octanol–water partition coefficient (Wildman–Crippen LogP) is 3.15. The monoisotopic (exact) mass is 375 g/mol. The number of carbonyl (C=O) groups is 1. The fourth-order valence-electron chi connectivity index (χ4n) is 3.65. The summed E-state index contributed by atoms with van der Waals surface area (Å²) in [6, 6.07) is 19.9. The Labute approximate surface area is 165 Å². The summed E-state index contributed by atoms with van der Waals surface area (Å²) in [4.78, 5) is 19.9. The van der Waals surface area contributed by atoms with E-state index in [-0.39, 0.29) is 17.8 Å². The van der Waals surface area contributed by atoms with Gasteiger partial charge < -0.3 is 10.2 Å². The zero-order chi connectivity index (χ0) is 19.3. The number of benzene rings is 2. The van der Waals surface area contributed by atoms with Gasteiger partial charge in [0.2, 0.25) is 5.82 Å². The first kappa shape index (κ1) is 18.4. The van der Waals surface area contributed by atoms with Crippen molar-refractivity contribution in [3.05, 3.63) is 66.5 Å². The third-order valence-corrected chi connectivity index (χ3v) is 5.03. The normalized spacial score (nSPS) is 16.2.